The van der Waals surface area contributed by atoms with Crippen LogP contribution in [-0.4, -0.2) is 21.4 Å². The van der Waals surface area contributed by atoms with E-state index in [0.29, 0.717) is 16.0 Å². The van der Waals surface area contributed by atoms with Gasteiger partial charge in [-0.1, -0.05) is 23.1 Å². The molecule has 1 amide bonds. The van der Waals surface area contributed by atoms with Gasteiger partial charge < -0.3 is 15.1 Å². The van der Waals surface area contributed by atoms with Crippen LogP contribution in [0.15, 0.2) is 45.4 Å². The molecule has 3 rings (SSSR count). The molecule has 0 radical (unpaired) electrons. The number of hydrogen-bond donors (Lipinski definition) is 2. The van der Waals surface area contributed by atoms with Crippen LogP contribution >= 0.6 is 23.1 Å². The van der Waals surface area contributed by atoms with Crippen molar-refractivity contribution < 1.29 is 18.0 Å². The molecule has 0 saturated carbocycles. The number of carbonyl (C=O) groups excluding carboxylic acids is 1. The molecule has 2 N–H and O–H groups in total. The van der Waals surface area contributed by atoms with Crippen molar-refractivity contribution >= 4 is 39.8 Å². The molecular weight excluding hydrogens is 382 g/mol. The summed E-state index contributed by atoms with van der Waals surface area (Å²) < 4.78 is 32.6. The van der Waals surface area contributed by atoms with Crippen molar-refractivity contribution in [3.63, 3.8) is 0 Å². The highest BCUT2D eigenvalue weighted by molar-refractivity contribution is 8.02. The molecule has 2 heterocycles. The minimum Gasteiger partial charge on any atom is -0.467 e. The average molecular weight is 396 g/mol. The van der Waals surface area contributed by atoms with Crippen LogP contribution in [0.2, 0.25) is 0 Å². The van der Waals surface area contributed by atoms with E-state index in [1.165, 1.54) is 23.1 Å². The lowest BCUT2D eigenvalue weighted by molar-refractivity contribution is -0.115. The summed E-state index contributed by atoms with van der Waals surface area (Å²) >= 11 is 2.46. The molecule has 26 heavy (non-hydrogen) atoms. The third kappa shape index (κ3) is 4.79. The van der Waals surface area contributed by atoms with Crippen LogP contribution in [0, 0.1) is 11.6 Å². The molecule has 0 saturated heterocycles. The monoisotopic (exact) mass is 396 g/mol. The quantitative estimate of drug-likeness (QED) is 0.584. The molecule has 0 unspecified atom stereocenters. The van der Waals surface area contributed by atoms with Crippen LogP contribution in [0.3, 0.4) is 0 Å². The van der Waals surface area contributed by atoms with Gasteiger partial charge in [-0.3, -0.25) is 4.79 Å². The Morgan fingerprint density at radius 3 is 2.96 bits per heavy atom. The molecule has 0 spiro atoms. The van der Waals surface area contributed by atoms with Gasteiger partial charge in [0.1, 0.15) is 17.4 Å². The van der Waals surface area contributed by atoms with E-state index in [9.17, 15) is 13.6 Å². The fourth-order valence-electron chi connectivity index (χ4n) is 1.94. The van der Waals surface area contributed by atoms with Gasteiger partial charge in [-0.2, -0.15) is 0 Å². The number of furan rings is 1. The Morgan fingerprint density at radius 2 is 2.19 bits per heavy atom. The van der Waals surface area contributed by atoms with Gasteiger partial charge in [0.05, 0.1) is 23.7 Å². The molecule has 0 aliphatic rings. The van der Waals surface area contributed by atoms with E-state index in [4.69, 9.17) is 4.42 Å². The number of amides is 1. The highest BCUT2D eigenvalue weighted by atomic mass is 32.2. The maximum absolute atomic E-state index is 13.6. The summed E-state index contributed by atoms with van der Waals surface area (Å²) in [7, 11) is 0. The standard InChI is InChI=1S/C16H14F2N4O2S2/c1-9(14(23)20-13-7-10(17)4-5-12(13)18)25-16-22-21-15(26-16)19-8-11-3-2-6-24-11/h2-7,9H,8H2,1H3,(H,19,21)(H,20,23)/t9-/m0/s1. The molecule has 1 atom stereocenters. The first-order chi connectivity index (χ1) is 12.5. The Bertz CT molecular complexity index is 886. The molecule has 0 aliphatic carbocycles. The number of nitrogens with zero attached hydrogens (tertiary/aromatic N) is 2. The van der Waals surface area contributed by atoms with Gasteiger partial charge >= 0.3 is 0 Å². The number of aromatic nitrogens is 2. The lowest BCUT2D eigenvalue weighted by Crippen LogP contribution is -2.23. The molecule has 0 bridgehead atoms. The van der Waals surface area contributed by atoms with Gasteiger partial charge in [0, 0.05) is 6.07 Å². The SMILES string of the molecule is C[C@H](Sc1nnc(NCc2ccco2)s1)C(=O)Nc1cc(F)ccc1F. The van der Waals surface area contributed by atoms with Crippen molar-refractivity contribution in [1.82, 2.24) is 10.2 Å². The molecule has 0 fully saturated rings. The Morgan fingerprint density at radius 1 is 1.35 bits per heavy atom. The second-order valence-corrected chi connectivity index (χ2v) is 7.74. The van der Waals surface area contributed by atoms with Crippen LogP contribution in [0.1, 0.15) is 12.7 Å². The highest BCUT2D eigenvalue weighted by Crippen LogP contribution is 2.30. The average Bonchev–Trinajstić information content (AvgIpc) is 3.28. The van der Waals surface area contributed by atoms with Crippen LogP contribution in [0.25, 0.3) is 0 Å². The second kappa shape index (κ2) is 8.28. The Balaban J connectivity index is 1.54. The van der Waals surface area contributed by atoms with Crippen LogP contribution in [0.4, 0.5) is 19.6 Å². The Kier molecular flexibility index (Phi) is 5.84. The number of nitrogens with one attached hydrogen (secondary N) is 2. The zero-order valence-electron chi connectivity index (χ0n) is 13.5. The van der Waals surface area contributed by atoms with Gasteiger partial charge in [0.25, 0.3) is 0 Å². The van der Waals surface area contributed by atoms with Crippen molar-refractivity contribution in [1.29, 1.82) is 0 Å². The predicted molar refractivity (Wildman–Crippen MR) is 96.3 cm³/mol. The summed E-state index contributed by atoms with van der Waals surface area (Å²) in [5.41, 5.74) is -0.194. The van der Waals surface area contributed by atoms with Crippen molar-refractivity contribution in [2.24, 2.45) is 0 Å². The molecule has 3 aromatic rings. The van der Waals surface area contributed by atoms with Crippen molar-refractivity contribution in [3.05, 3.63) is 54.0 Å². The molecule has 1 aromatic carbocycles. The van der Waals surface area contributed by atoms with E-state index in [2.05, 4.69) is 20.8 Å². The van der Waals surface area contributed by atoms with Gasteiger partial charge in [-0.25, -0.2) is 8.78 Å². The topological polar surface area (TPSA) is 80.1 Å². The molecule has 6 nitrogen and oxygen atoms in total. The number of benzene rings is 1. The van der Waals surface area contributed by atoms with Gasteiger partial charge in [0.15, 0.2) is 4.34 Å². The van der Waals surface area contributed by atoms with Crippen molar-refractivity contribution in [2.75, 3.05) is 10.6 Å². The third-order valence-corrected chi connectivity index (χ3v) is 5.30. The number of rotatable bonds is 7. The zero-order chi connectivity index (χ0) is 18.5. The lowest BCUT2D eigenvalue weighted by atomic mass is 10.3. The predicted octanol–water partition coefficient (Wildman–Crippen LogP) is 4.14. The third-order valence-electron chi connectivity index (χ3n) is 3.23. The maximum Gasteiger partial charge on any atom is 0.237 e. The minimum absolute atomic E-state index is 0.194. The first kappa shape index (κ1) is 18.3. The number of hydrogen-bond acceptors (Lipinski definition) is 7. The highest BCUT2D eigenvalue weighted by Gasteiger charge is 2.19. The largest absolute Gasteiger partial charge is 0.467 e. The molecule has 136 valence electrons. The lowest BCUT2D eigenvalue weighted by Gasteiger charge is -2.10. The van der Waals surface area contributed by atoms with Gasteiger partial charge in [0.2, 0.25) is 11.0 Å². The number of carbonyl (C=O) groups is 1. The minimum atomic E-state index is -0.697. The van der Waals surface area contributed by atoms with Crippen molar-refractivity contribution in [2.45, 2.75) is 23.1 Å². The summed E-state index contributed by atoms with van der Waals surface area (Å²) in [6, 6.07) is 6.51. The summed E-state index contributed by atoms with van der Waals surface area (Å²) in [5, 5.41) is 13.5. The smallest absolute Gasteiger partial charge is 0.237 e. The Labute approximate surface area is 156 Å². The normalized spacial score (nSPS) is 12.0. The van der Waals surface area contributed by atoms with Crippen LogP contribution in [-0.2, 0) is 11.3 Å². The Hall–Kier alpha value is -2.46. The maximum atomic E-state index is 13.6. The van der Waals surface area contributed by atoms with Crippen LogP contribution < -0.4 is 10.6 Å². The second-order valence-electron chi connectivity index (χ2n) is 5.18. The number of thioether (sulfide) groups is 1. The van der Waals surface area contributed by atoms with Crippen molar-refractivity contribution in [3.8, 4) is 0 Å². The van der Waals surface area contributed by atoms with Crippen LogP contribution in [0.5, 0.6) is 0 Å². The fraction of sp³-hybridized carbons (Fsp3) is 0.188. The van der Waals surface area contributed by atoms with E-state index < -0.39 is 22.8 Å². The summed E-state index contributed by atoms with van der Waals surface area (Å²) in [6.45, 7) is 2.12. The summed E-state index contributed by atoms with van der Waals surface area (Å²) in [6.07, 6.45) is 1.58. The number of anilines is 2. The molecule has 2 aromatic heterocycles. The van der Waals surface area contributed by atoms with E-state index in [-0.39, 0.29) is 5.69 Å². The van der Waals surface area contributed by atoms with E-state index >= 15 is 0 Å². The van der Waals surface area contributed by atoms with Gasteiger partial charge in [-0.05, 0) is 31.2 Å². The number of halogens is 2. The molecule has 10 heteroatoms. The van der Waals surface area contributed by atoms with E-state index in [0.717, 1.165) is 24.0 Å². The summed E-state index contributed by atoms with van der Waals surface area (Å²) in [5.74, 6) is -1.02. The summed E-state index contributed by atoms with van der Waals surface area (Å²) in [4.78, 5) is 12.2. The first-order valence-electron chi connectivity index (χ1n) is 7.53. The molecule has 0 aliphatic heterocycles. The van der Waals surface area contributed by atoms with E-state index in [1.54, 1.807) is 19.3 Å². The molecular formula is C16H14F2N4O2S2. The van der Waals surface area contributed by atoms with E-state index in [1.807, 2.05) is 6.07 Å². The first-order valence-corrected chi connectivity index (χ1v) is 9.23. The van der Waals surface area contributed by atoms with Gasteiger partial charge in [-0.15, -0.1) is 10.2 Å². The zero-order valence-corrected chi connectivity index (χ0v) is 15.2. The fourth-order valence-corrected chi connectivity index (χ4v) is 3.83.